The minimum atomic E-state index is -2.07. The summed E-state index contributed by atoms with van der Waals surface area (Å²) in [5, 5.41) is 25.7. The van der Waals surface area contributed by atoms with E-state index in [1.807, 2.05) is 13.1 Å². The average molecular weight is 765 g/mol. The number of likely N-dealkylation sites (N-methyl/N-ethyl adjacent to an activating group) is 1. The number of halogens is 1. The number of benzene rings is 3. The summed E-state index contributed by atoms with van der Waals surface area (Å²) in [4.78, 5) is 44.7. The Balaban J connectivity index is 1.27. The Labute approximate surface area is 316 Å². The Morgan fingerprint density at radius 3 is 2.46 bits per heavy atom. The lowest BCUT2D eigenvalue weighted by Gasteiger charge is -2.39. The number of ether oxygens (including phenoxy) is 7. The third kappa shape index (κ3) is 5.70. The van der Waals surface area contributed by atoms with E-state index in [-0.39, 0.29) is 77.1 Å². The van der Waals surface area contributed by atoms with Gasteiger partial charge >= 0.3 is 0 Å². The molecule has 1 aliphatic carbocycles. The van der Waals surface area contributed by atoms with E-state index in [2.05, 4.69) is 10.2 Å². The normalized spacial score (nSPS) is 22.1. The van der Waals surface area contributed by atoms with E-state index in [0.29, 0.717) is 29.4 Å². The van der Waals surface area contributed by atoms with Crippen LogP contribution in [-0.2, 0) is 16.0 Å². The molecule has 0 fully saturated rings. The molecule has 3 N–H and O–H groups in total. The van der Waals surface area contributed by atoms with Gasteiger partial charge in [0.25, 0.3) is 0 Å². The fourth-order valence-electron chi connectivity index (χ4n) is 8.09. The lowest BCUT2D eigenvalue weighted by atomic mass is 9.69. The van der Waals surface area contributed by atoms with Gasteiger partial charge < -0.3 is 48.7 Å². The summed E-state index contributed by atoms with van der Waals surface area (Å²) >= 11 is 6.64. The van der Waals surface area contributed by atoms with Gasteiger partial charge in [0.15, 0.2) is 40.3 Å². The molecule has 286 valence electrons. The molecule has 7 rings (SSSR count). The molecule has 3 aliphatic heterocycles. The number of carbonyl (C=O) groups excluding carboxylic acids is 3. The van der Waals surface area contributed by atoms with Crippen molar-refractivity contribution in [2.24, 2.45) is 5.92 Å². The highest BCUT2D eigenvalue weighted by atomic mass is 35.5. The number of hydrogen-bond donors (Lipinski definition) is 3. The Bertz CT molecular complexity index is 2100. The second kappa shape index (κ2) is 14.1. The number of carbonyl (C=O) groups is 3. The zero-order chi connectivity index (χ0) is 38.6. The van der Waals surface area contributed by atoms with Gasteiger partial charge in [-0.3, -0.25) is 19.3 Å². The maximum Gasteiger partial charge on any atom is 0.231 e. The monoisotopic (exact) mass is 764 g/mol. The predicted octanol–water partition coefficient (Wildman–Crippen LogP) is 5.06. The summed E-state index contributed by atoms with van der Waals surface area (Å²) in [6, 6.07) is 7.48. The molecule has 4 aliphatic rings. The summed E-state index contributed by atoms with van der Waals surface area (Å²) < 4.78 is 39.8. The Hall–Kier alpha value is -5.34. The van der Waals surface area contributed by atoms with Crippen molar-refractivity contribution < 1.29 is 57.8 Å². The van der Waals surface area contributed by atoms with Gasteiger partial charge in [-0.1, -0.05) is 24.6 Å². The van der Waals surface area contributed by atoms with Gasteiger partial charge in [-0.05, 0) is 42.8 Å². The number of methoxy groups -OCH3 is 4. The standard InChI is InChI=1S/C39H41ClN2O12/c1-18-11-24(44)31(37(46)39(18)38(47)32-26(49-4)15-27(50-5)33(40)35(32)54-39)21(19-7-8-23(43)25(12-19)48-3)14-29(45)41-16-22-30-20(9-10-42(22)2)13-28-34(36(30)51-6)53-17-52-28/h7-8,12-13,15,18,21-22,43,46H,9-11,14,16-17H2,1-6H3,(H,41,45)/t18-,21?,22?,39+/m1/s1. The summed E-state index contributed by atoms with van der Waals surface area (Å²) in [6.45, 7) is 2.57. The number of phenolic OH excluding ortho intramolecular Hbond substituents is 1. The number of rotatable bonds is 10. The zero-order valence-corrected chi connectivity index (χ0v) is 31.4. The molecule has 0 saturated heterocycles. The molecule has 0 bridgehead atoms. The lowest BCUT2D eigenvalue weighted by molar-refractivity contribution is -0.122. The molecule has 0 radical (unpaired) electrons. The average Bonchev–Trinajstić information content (AvgIpc) is 3.76. The van der Waals surface area contributed by atoms with Gasteiger partial charge in [-0.25, -0.2) is 0 Å². The number of aliphatic hydroxyl groups excluding tert-OH is 1. The Morgan fingerprint density at radius 2 is 1.76 bits per heavy atom. The second-order valence-electron chi connectivity index (χ2n) is 13.7. The summed E-state index contributed by atoms with van der Waals surface area (Å²) in [6.07, 6.45) is 0.200. The number of aliphatic hydroxyl groups is 1. The van der Waals surface area contributed by atoms with Crippen molar-refractivity contribution in [3.8, 4) is 46.0 Å². The molecule has 4 atom stereocenters. The summed E-state index contributed by atoms with van der Waals surface area (Å²) in [5.74, 6) is -2.39. The number of nitrogens with zero attached hydrogens (tertiary/aromatic N) is 1. The topological polar surface area (TPSA) is 172 Å². The SMILES string of the molecule is COc1cc(C(CC(=O)NCC2c3c(cc4c(c3OC)OCO4)CCN2C)C2=C(O)[C@@]3(Oc4c(Cl)c(OC)cc(OC)c4C3=O)[C@H](C)CC2=O)ccc1O. The predicted molar refractivity (Wildman–Crippen MR) is 194 cm³/mol. The Kier molecular flexibility index (Phi) is 9.69. The highest BCUT2D eigenvalue weighted by molar-refractivity contribution is 6.35. The summed E-state index contributed by atoms with van der Waals surface area (Å²) in [7, 11) is 7.65. The van der Waals surface area contributed by atoms with Crippen LogP contribution in [0.5, 0.6) is 46.0 Å². The van der Waals surface area contributed by atoms with Gasteiger partial charge in [0.05, 0.1) is 34.5 Å². The molecule has 0 saturated carbocycles. The van der Waals surface area contributed by atoms with Crippen LogP contribution in [0.2, 0.25) is 5.02 Å². The first-order valence-corrected chi connectivity index (χ1v) is 17.8. The summed E-state index contributed by atoms with van der Waals surface area (Å²) in [5.41, 5.74) is -0.00597. The zero-order valence-electron chi connectivity index (χ0n) is 30.7. The molecular weight excluding hydrogens is 724 g/mol. The number of hydrogen-bond acceptors (Lipinski definition) is 13. The lowest BCUT2D eigenvalue weighted by Crippen LogP contribution is -2.53. The Morgan fingerprint density at radius 1 is 1.02 bits per heavy atom. The smallest absolute Gasteiger partial charge is 0.231 e. The van der Waals surface area contributed by atoms with E-state index in [9.17, 15) is 24.6 Å². The van der Waals surface area contributed by atoms with Crippen molar-refractivity contribution in [1.82, 2.24) is 10.2 Å². The molecule has 15 heteroatoms. The largest absolute Gasteiger partial charge is 0.507 e. The number of Topliss-reactive ketones (excluding diaryl/α,β-unsaturated/α-hetero) is 2. The van der Waals surface area contributed by atoms with Crippen LogP contribution >= 0.6 is 11.6 Å². The number of nitrogens with one attached hydrogen (secondary N) is 1. The van der Waals surface area contributed by atoms with E-state index in [4.69, 9.17) is 44.8 Å². The first-order chi connectivity index (χ1) is 25.9. The molecule has 3 aromatic rings. The number of aromatic hydroxyl groups is 1. The van der Waals surface area contributed by atoms with Crippen molar-refractivity contribution in [2.75, 3.05) is 55.4 Å². The number of allylic oxidation sites excluding steroid dienone is 1. The van der Waals surface area contributed by atoms with Crippen molar-refractivity contribution in [2.45, 2.75) is 43.7 Å². The molecule has 2 unspecified atom stereocenters. The van der Waals surface area contributed by atoms with Crippen LogP contribution in [0.25, 0.3) is 0 Å². The van der Waals surface area contributed by atoms with Gasteiger partial charge in [-0.2, -0.15) is 0 Å². The second-order valence-corrected chi connectivity index (χ2v) is 14.1. The van der Waals surface area contributed by atoms with Crippen molar-refractivity contribution in [3.63, 3.8) is 0 Å². The molecule has 14 nitrogen and oxygen atoms in total. The molecule has 1 spiro atoms. The fraction of sp³-hybridized carbons (Fsp3) is 0.410. The van der Waals surface area contributed by atoms with Gasteiger partial charge in [0, 0.05) is 55.0 Å². The van der Waals surface area contributed by atoms with E-state index in [1.54, 1.807) is 14.0 Å². The maximum absolute atomic E-state index is 14.5. The van der Waals surface area contributed by atoms with Gasteiger partial charge in [-0.15, -0.1) is 0 Å². The molecule has 1 amide bonds. The quantitative estimate of drug-likeness (QED) is 0.250. The van der Waals surface area contributed by atoms with Crippen molar-refractivity contribution in [3.05, 3.63) is 68.9 Å². The number of fused-ring (bicyclic) bond motifs is 3. The van der Waals surface area contributed by atoms with E-state index in [1.165, 1.54) is 45.6 Å². The molecule has 0 aromatic heterocycles. The van der Waals surface area contributed by atoms with Gasteiger partial charge in [0.1, 0.15) is 22.1 Å². The van der Waals surface area contributed by atoms with Crippen LogP contribution in [0.1, 0.15) is 58.8 Å². The molecule has 3 heterocycles. The van der Waals surface area contributed by atoms with Gasteiger partial charge in [0.2, 0.25) is 29.8 Å². The maximum atomic E-state index is 14.5. The van der Waals surface area contributed by atoms with Crippen molar-refractivity contribution in [1.29, 1.82) is 0 Å². The minimum absolute atomic E-state index is 0.00824. The van der Waals surface area contributed by atoms with Crippen LogP contribution in [0.15, 0.2) is 41.7 Å². The van der Waals surface area contributed by atoms with E-state index in [0.717, 1.165) is 17.5 Å². The number of phenols is 1. The van der Waals surface area contributed by atoms with Crippen LogP contribution < -0.4 is 38.5 Å². The third-order valence-electron chi connectivity index (χ3n) is 10.9. The fourth-order valence-corrected chi connectivity index (χ4v) is 8.35. The number of amides is 1. The molecule has 3 aromatic carbocycles. The first kappa shape index (κ1) is 37.0. The van der Waals surface area contributed by atoms with E-state index < -0.39 is 40.7 Å². The van der Waals surface area contributed by atoms with Crippen LogP contribution in [0.3, 0.4) is 0 Å². The molecular formula is C39H41ClN2O12. The first-order valence-electron chi connectivity index (χ1n) is 17.4. The number of ketones is 2. The van der Waals surface area contributed by atoms with Crippen LogP contribution in [0.4, 0.5) is 0 Å². The van der Waals surface area contributed by atoms with Crippen molar-refractivity contribution >= 4 is 29.1 Å². The minimum Gasteiger partial charge on any atom is -0.507 e. The van der Waals surface area contributed by atoms with Crippen LogP contribution in [0, 0.1) is 5.92 Å². The molecule has 54 heavy (non-hydrogen) atoms. The van der Waals surface area contributed by atoms with Crippen LogP contribution in [-0.4, -0.2) is 93.6 Å². The third-order valence-corrected chi connectivity index (χ3v) is 11.3. The van der Waals surface area contributed by atoms with E-state index >= 15 is 0 Å². The highest BCUT2D eigenvalue weighted by Gasteiger charge is 2.61. The highest BCUT2D eigenvalue weighted by Crippen LogP contribution is 2.56.